The van der Waals surface area contributed by atoms with Gasteiger partial charge in [-0.05, 0) is 26.0 Å². The molecule has 0 unspecified atom stereocenters. The number of ether oxygens (including phenoxy) is 1. The summed E-state index contributed by atoms with van der Waals surface area (Å²) in [7, 11) is 0. The third-order valence-corrected chi connectivity index (χ3v) is 2.37. The van der Waals surface area contributed by atoms with Crippen LogP contribution in [-0.2, 0) is 6.61 Å². The van der Waals surface area contributed by atoms with Crippen LogP contribution in [-0.4, -0.2) is 15.4 Å². The zero-order valence-corrected chi connectivity index (χ0v) is 9.10. The fraction of sp³-hybridized carbons (Fsp3) is 0.273. The molecule has 0 aliphatic heterocycles. The molecule has 0 atom stereocenters. The average Bonchev–Trinajstić information content (AvgIpc) is 2.67. The lowest BCUT2D eigenvalue weighted by Gasteiger charge is -2.08. The van der Waals surface area contributed by atoms with Gasteiger partial charge in [0, 0.05) is 5.56 Å². The molecular formula is C11H12N2O3. The number of aromatic hydroxyl groups is 1. The normalized spacial score (nSPS) is 10.4. The molecule has 0 saturated heterocycles. The molecule has 2 aromatic rings. The van der Waals surface area contributed by atoms with Crippen LogP contribution in [0.15, 0.2) is 22.8 Å². The van der Waals surface area contributed by atoms with Gasteiger partial charge in [-0.15, -0.1) is 0 Å². The average molecular weight is 220 g/mol. The van der Waals surface area contributed by atoms with Crippen LogP contribution < -0.4 is 4.74 Å². The molecule has 0 aliphatic rings. The number of phenols is 1. The van der Waals surface area contributed by atoms with E-state index in [4.69, 9.17) is 4.74 Å². The van der Waals surface area contributed by atoms with Gasteiger partial charge in [-0.1, -0.05) is 16.4 Å². The molecule has 1 aromatic carbocycles. The number of hydrogen-bond acceptors (Lipinski definition) is 5. The lowest BCUT2D eigenvalue weighted by molar-refractivity contribution is 0.268. The largest absolute Gasteiger partial charge is 0.508 e. The highest BCUT2D eigenvalue weighted by Crippen LogP contribution is 2.26. The first-order valence-corrected chi connectivity index (χ1v) is 4.88. The van der Waals surface area contributed by atoms with Crippen molar-refractivity contribution in [3.05, 3.63) is 35.2 Å². The molecule has 0 bridgehead atoms. The van der Waals surface area contributed by atoms with Crippen LogP contribution in [0.2, 0.25) is 0 Å². The van der Waals surface area contributed by atoms with Crippen molar-refractivity contribution in [2.24, 2.45) is 0 Å². The zero-order chi connectivity index (χ0) is 11.5. The van der Waals surface area contributed by atoms with Crippen LogP contribution in [0.1, 0.15) is 17.0 Å². The summed E-state index contributed by atoms with van der Waals surface area (Å²) in [6.45, 7) is 3.86. The van der Waals surface area contributed by atoms with Crippen molar-refractivity contribution in [3.8, 4) is 11.5 Å². The third-order valence-electron chi connectivity index (χ3n) is 2.37. The van der Waals surface area contributed by atoms with Gasteiger partial charge < -0.3 is 9.84 Å². The summed E-state index contributed by atoms with van der Waals surface area (Å²) in [6.07, 6.45) is 0. The quantitative estimate of drug-likeness (QED) is 0.856. The molecule has 1 heterocycles. The molecule has 5 nitrogen and oxygen atoms in total. The molecule has 16 heavy (non-hydrogen) atoms. The second-order valence-electron chi connectivity index (χ2n) is 3.49. The Labute approximate surface area is 92.6 Å². The van der Waals surface area contributed by atoms with Gasteiger partial charge in [0.15, 0.2) is 0 Å². The van der Waals surface area contributed by atoms with E-state index in [0.717, 1.165) is 0 Å². The van der Waals surface area contributed by atoms with Gasteiger partial charge in [-0.3, -0.25) is 0 Å². The summed E-state index contributed by atoms with van der Waals surface area (Å²) < 4.78 is 10.1. The van der Waals surface area contributed by atoms with Crippen LogP contribution in [0.25, 0.3) is 0 Å². The Morgan fingerprint density at radius 1 is 1.31 bits per heavy atom. The topological polar surface area (TPSA) is 68.4 Å². The maximum Gasteiger partial charge on any atom is 0.145 e. The number of phenolic OH excluding ortho intramolecular Hbond substituents is 1. The van der Waals surface area contributed by atoms with Gasteiger partial charge >= 0.3 is 0 Å². The maximum absolute atomic E-state index is 9.49. The van der Waals surface area contributed by atoms with Crippen molar-refractivity contribution in [1.29, 1.82) is 0 Å². The van der Waals surface area contributed by atoms with E-state index >= 15 is 0 Å². The SMILES string of the molecule is Cc1nonc1COc1cccc(O)c1C. The zero-order valence-electron chi connectivity index (χ0n) is 9.10. The number of hydrogen-bond donors (Lipinski definition) is 1. The fourth-order valence-corrected chi connectivity index (χ4v) is 1.29. The maximum atomic E-state index is 9.49. The standard InChI is InChI=1S/C11H12N2O3/c1-7-10(14)4-3-5-11(7)15-6-9-8(2)12-16-13-9/h3-5,14H,6H2,1-2H3. The number of aromatic nitrogens is 2. The number of aryl methyl sites for hydroxylation is 1. The molecular weight excluding hydrogens is 208 g/mol. The highest BCUT2D eigenvalue weighted by atomic mass is 16.6. The highest BCUT2D eigenvalue weighted by molar-refractivity contribution is 5.42. The van der Waals surface area contributed by atoms with E-state index in [1.807, 2.05) is 0 Å². The predicted molar refractivity (Wildman–Crippen MR) is 56.2 cm³/mol. The van der Waals surface area contributed by atoms with Crippen molar-refractivity contribution in [2.75, 3.05) is 0 Å². The molecule has 0 saturated carbocycles. The molecule has 0 amide bonds. The summed E-state index contributed by atoms with van der Waals surface area (Å²) in [5.41, 5.74) is 2.07. The Balaban J connectivity index is 2.11. The molecule has 5 heteroatoms. The Morgan fingerprint density at radius 3 is 2.81 bits per heavy atom. The highest BCUT2D eigenvalue weighted by Gasteiger charge is 2.08. The summed E-state index contributed by atoms with van der Waals surface area (Å²) in [5.74, 6) is 0.842. The van der Waals surface area contributed by atoms with Crippen LogP contribution in [0.3, 0.4) is 0 Å². The first-order chi connectivity index (χ1) is 7.68. The van der Waals surface area contributed by atoms with E-state index in [0.29, 0.717) is 22.7 Å². The van der Waals surface area contributed by atoms with Gasteiger partial charge in [0.1, 0.15) is 29.5 Å². The van der Waals surface area contributed by atoms with E-state index in [2.05, 4.69) is 14.9 Å². The number of rotatable bonds is 3. The number of nitrogens with zero attached hydrogens (tertiary/aromatic N) is 2. The Bertz CT molecular complexity index is 494. The Kier molecular flexibility index (Phi) is 2.76. The monoisotopic (exact) mass is 220 g/mol. The molecule has 84 valence electrons. The lowest BCUT2D eigenvalue weighted by atomic mass is 10.2. The van der Waals surface area contributed by atoms with Gasteiger partial charge in [0.25, 0.3) is 0 Å². The molecule has 0 radical (unpaired) electrons. The van der Waals surface area contributed by atoms with E-state index in [9.17, 15) is 5.11 Å². The van der Waals surface area contributed by atoms with Crippen molar-refractivity contribution in [2.45, 2.75) is 20.5 Å². The van der Waals surface area contributed by atoms with Crippen molar-refractivity contribution in [1.82, 2.24) is 10.3 Å². The summed E-state index contributed by atoms with van der Waals surface area (Å²) >= 11 is 0. The Morgan fingerprint density at radius 2 is 2.12 bits per heavy atom. The van der Waals surface area contributed by atoms with Crippen LogP contribution in [0.4, 0.5) is 0 Å². The van der Waals surface area contributed by atoms with Gasteiger partial charge in [-0.2, -0.15) is 0 Å². The first kappa shape index (κ1) is 10.5. The number of benzene rings is 1. The summed E-state index contributed by atoms with van der Waals surface area (Å²) in [6, 6.07) is 5.13. The van der Waals surface area contributed by atoms with Gasteiger partial charge in [-0.25, -0.2) is 4.63 Å². The molecule has 0 fully saturated rings. The lowest BCUT2D eigenvalue weighted by Crippen LogP contribution is -1.99. The van der Waals surface area contributed by atoms with E-state index in [1.54, 1.807) is 32.0 Å². The smallest absolute Gasteiger partial charge is 0.145 e. The van der Waals surface area contributed by atoms with Crippen molar-refractivity contribution < 1.29 is 14.5 Å². The van der Waals surface area contributed by atoms with Gasteiger partial charge in [0.2, 0.25) is 0 Å². The second-order valence-corrected chi connectivity index (χ2v) is 3.49. The minimum Gasteiger partial charge on any atom is -0.508 e. The van der Waals surface area contributed by atoms with Gasteiger partial charge in [0.05, 0.1) is 0 Å². The van der Waals surface area contributed by atoms with Crippen LogP contribution in [0, 0.1) is 13.8 Å². The van der Waals surface area contributed by atoms with Crippen LogP contribution >= 0.6 is 0 Å². The first-order valence-electron chi connectivity index (χ1n) is 4.88. The molecule has 2 rings (SSSR count). The van der Waals surface area contributed by atoms with E-state index in [1.165, 1.54) is 0 Å². The molecule has 1 N–H and O–H groups in total. The van der Waals surface area contributed by atoms with E-state index < -0.39 is 0 Å². The predicted octanol–water partition coefficient (Wildman–Crippen LogP) is 1.97. The minimum atomic E-state index is 0.215. The third kappa shape index (κ3) is 1.98. The molecule has 0 spiro atoms. The minimum absolute atomic E-state index is 0.215. The van der Waals surface area contributed by atoms with Crippen molar-refractivity contribution >= 4 is 0 Å². The Hall–Kier alpha value is -2.04. The molecule has 1 aromatic heterocycles. The molecule has 0 aliphatic carbocycles. The second kappa shape index (κ2) is 4.22. The summed E-state index contributed by atoms with van der Waals surface area (Å²) in [5, 5.41) is 16.8. The van der Waals surface area contributed by atoms with E-state index in [-0.39, 0.29) is 12.4 Å². The summed E-state index contributed by atoms with van der Waals surface area (Å²) in [4.78, 5) is 0. The fourth-order valence-electron chi connectivity index (χ4n) is 1.29. The van der Waals surface area contributed by atoms with Crippen molar-refractivity contribution in [3.63, 3.8) is 0 Å². The van der Waals surface area contributed by atoms with Crippen LogP contribution in [0.5, 0.6) is 11.5 Å².